The predicted molar refractivity (Wildman–Crippen MR) is 74.1 cm³/mol. The summed E-state index contributed by atoms with van der Waals surface area (Å²) in [5.74, 6) is -0.190. The Morgan fingerprint density at radius 2 is 2.17 bits per heavy atom. The SMILES string of the molecule is COC(=O)CCCNC(C)c1cccc(Cl)c1Cl. The third kappa shape index (κ3) is 4.48. The number of nitrogens with one attached hydrogen (secondary N) is 1. The summed E-state index contributed by atoms with van der Waals surface area (Å²) in [6, 6.07) is 5.66. The van der Waals surface area contributed by atoms with Crippen molar-refractivity contribution in [2.24, 2.45) is 0 Å². The molecule has 0 aliphatic rings. The highest BCUT2D eigenvalue weighted by atomic mass is 35.5. The molecule has 0 heterocycles. The number of benzene rings is 1. The molecule has 0 amide bonds. The molecular weight excluding hydrogens is 273 g/mol. The van der Waals surface area contributed by atoms with Gasteiger partial charge >= 0.3 is 5.97 Å². The zero-order chi connectivity index (χ0) is 13.5. The van der Waals surface area contributed by atoms with Crippen LogP contribution in [0.4, 0.5) is 0 Å². The molecule has 5 heteroatoms. The molecule has 0 radical (unpaired) electrons. The molecule has 18 heavy (non-hydrogen) atoms. The highest BCUT2D eigenvalue weighted by Gasteiger charge is 2.11. The summed E-state index contributed by atoms with van der Waals surface area (Å²) < 4.78 is 4.57. The van der Waals surface area contributed by atoms with Crippen LogP contribution in [-0.4, -0.2) is 19.6 Å². The van der Waals surface area contributed by atoms with Gasteiger partial charge in [-0.05, 0) is 31.5 Å². The molecular formula is C13H17Cl2NO2. The Morgan fingerprint density at radius 1 is 1.44 bits per heavy atom. The number of hydrogen-bond acceptors (Lipinski definition) is 3. The van der Waals surface area contributed by atoms with Crippen molar-refractivity contribution in [1.29, 1.82) is 0 Å². The zero-order valence-corrected chi connectivity index (χ0v) is 12.0. The topological polar surface area (TPSA) is 38.3 Å². The molecule has 100 valence electrons. The summed E-state index contributed by atoms with van der Waals surface area (Å²) in [7, 11) is 1.39. The maximum atomic E-state index is 10.9. The fraction of sp³-hybridized carbons (Fsp3) is 0.462. The van der Waals surface area contributed by atoms with E-state index in [2.05, 4.69) is 10.1 Å². The zero-order valence-electron chi connectivity index (χ0n) is 10.5. The van der Waals surface area contributed by atoms with Gasteiger partial charge in [0, 0.05) is 12.5 Å². The fourth-order valence-corrected chi connectivity index (χ4v) is 2.09. The van der Waals surface area contributed by atoms with Crippen molar-refractivity contribution in [3.05, 3.63) is 33.8 Å². The van der Waals surface area contributed by atoms with Crippen LogP contribution in [0.2, 0.25) is 10.0 Å². The molecule has 0 saturated heterocycles. The van der Waals surface area contributed by atoms with E-state index in [4.69, 9.17) is 23.2 Å². The minimum Gasteiger partial charge on any atom is -0.469 e. The summed E-state index contributed by atoms with van der Waals surface area (Å²) in [5.41, 5.74) is 0.960. The third-order valence-corrected chi connectivity index (χ3v) is 3.52. The maximum absolute atomic E-state index is 10.9. The van der Waals surface area contributed by atoms with Crippen molar-refractivity contribution in [3.63, 3.8) is 0 Å². The minimum absolute atomic E-state index is 0.0915. The number of carbonyl (C=O) groups excluding carboxylic acids is 1. The average molecular weight is 290 g/mol. The molecule has 0 fully saturated rings. The summed E-state index contributed by atoms with van der Waals surface area (Å²) in [4.78, 5) is 10.9. The molecule has 1 rings (SSSR count). The van der Waals surface area contributed by atoms with Crippen molar-refractivity contribution in [3.8, 4) is 0 Å². The van der Waals surface area contributed by atoms with Gasteiger partial charge in [-0.15, -0.1) is 0 Å². The van der Waals surface area contributed by atoms with Gasteiger partial charge in [0.05, 0.1) is 17.2 Å². The Kier molecular flexibility index (Phi) is 6.47. The van der Waals surface area contributed by atoms with Gasteiger partial charge in [-0.1, -0.05) is 35.3 Å². The lowest BCUT2D eigenvalue weighted by molar-refractivity contribution is -0.140. The van der Waals surface area contributed by atoms with E-state index in [1.165, 1.54) is 7.11 Å². The number of hydrogen-bond donors (Lipinski definition) is 1. The third-order valence-electron chi connectivity index (χ3n) is 2.68. The van der Waals surface area contributed by atoms with Gasteiger partial charge in [0.25, 0.3) is 0 Å². The van der Waals surface area contributed by atoms with Gasteiger partial charge < -0.3 is 10.1 Å². The quantitative estimate of drug-likeness (QED) is 0.642. The second-order valence-corrected chi connectivity index (χ2v) is 4.78. The van der Waals surface area contributed by atoms with Crippen molar-refractivity contribution in [1.82, 2.24) is 5.32 Å². The molecule has 0 aliphatic carbocycles. The van der Waals surface area contributed by atoms with Crippen LogP contribution in [0.5, 0.6) is 0 Å². The second-order valence-electron chi connectivity index (χ2n) is 4.00. The first kappa shape index (κ1) is 15.3. The number of carbonyl (C=O) groups is 1. The summed E-state index contributed by atoms with van der Waals surface area (Å²) >= 11 is 12.1. The van der Waals surface area contributed by atoms with E-state index in [-0.39, 0.29) is 12.0 Å². The maximum Gasteiger partial charge on any atom is 0.305 e. The molecule has 1 aromatic carbocycles. The van der Waals surface area contributed by atoms with Gasteiger partial charge in [0.2, 0.25) is 0 Å². The number of ether oxygens (including phenoxy) is 1. The molecule has 1 unspecified atom stereocenters. The van der Waals surface area contributed by atoms with E-state index in [0.717, 1.165) is 18.5 Å². The lowest BCUT2D eigenvalue weighted by Gasteiger charge is -2.16. The van der Waals surface area contributed by atoms with E-state index >= 15 is 0 Å². The average Bonchev–Trinajstić information content (AvgIpc) is 2.37. The Hall–Kier alpha value is -0.770. The minimum atomic E-state index is -0.190. The van der Waals surface area contributed by atoms with Crippen LogP contribution in [0, 0.1) is 0 Å². The Labute approximate surface area is 117 Å². The highest BCUT2D eigenvalue weighted by Crippen LogP contribution is 2.29. The first-order chi connectivity index (χ1) is 8.56. The lowest BCUT2D eigenvalue weighted by atomic mass is 10.1. The molecule has 1 atom stereocenters. The predicted octanol–water partition coefficient (Wildman–Crippen LogP) is 3.60. The number of rotatable bonds is 6. The summed E-state index contributed by atoms with van der Waals surface area (Å²) in [5, 5.41) is 4.42. The first-order valence-electron chi connectivity index (χ1n) is 5.80. The van der Waals surface area contributed by atoms with Gasteiger partial charge in [-0.25, -0.2) is 0 Å². The van der Waals surface area contributed by atoms with E-state index in [9.17, 15) is 4.79 Å². The monoisotopic (exact) mass is 289 g/mol. The fourth-order valence-electron chi connectivity index (χ4n) is 1.62. The molecule has 0 bridgehead atoms. The largest absolute Gasteiger partial charge is 0.469 e. The van der Waals surface area contributed by atoms with Gasteiger partial charge in [-0.2, -0.15) is 0 Å². The van der Waals surface area contributed by atoms with Gasteiger partial charge in [0.1, 0.15) is 0 Å². The van der Waals surface area contributed by atoms with Crippen LogP contribution in [0.25, 0.3) is 0 Å². The van der Waals surface area contributed by atoms with Crippen LogP contribution in [-0.2, 0) is 9.53 Å². The van der Waals surface area contributed by atoms with Crippen LogP contribution >= 0.6 is 23.2 Å². The van der Waals surface area contributed by atoms with Crippen molar-refractivity contribution in [2.75, 3.05) is 13.7 Å². The van der Waals surface area contributed by atoms with Crippen molar-refractivity contribution < 1.29 is 9.53 Å². The molecule has 0 aliphatic heterocycles. The number of esters is 1. The molecule has 0 saturated carbocycles. The van der Waals surface area contributed by atoms with Crippen LogP contribution in [0.1, 0.15) is 31.4 Å². The van der Waals surface area contributed by atoms with E-state index < -0.39 is 0 Å². The molecule has 0 spiro atoms. The van der Waals surface area contributed by atoms with E-state index in [1.807, 2.05) is 19.1 Å². The molecule has 3 nitrogen and oxygen atoms in total. The van der Waals surface area contributed by atoms with Crippen molar-refractivity contribution >= 4 is 29.2 Å². The van der Waals surface area contributed by atoms with Crippen LogP contribution < -0.4 is 5.32 Å². The smallest absolute Gasteiger partial charge is 0.305 e. The second kappa shape index (κ2) is 7.62. The standard InChI is InChI=1S/C13H17Cl2NO2/c1-9(16-8-4-7-12(17)18-2)10-5-3-6-11(14)13(10)15/h3,5-6,9,16H,4,7-8H2,1-2H3. The summed E-state index contributed by atoms with van der Waals surface area (Å²) in [6.45, 7) is 2.73. The Morgan fingerprint density at radius 3 is 2.83 bits per heavy atom. The van der Waals surface area contributed by atoms with Gasteiger partial charge in [0.15, 0.2) is 0 Å². The molecule has 0 aromatic heterocycles. The Bertz CT molecular complexity index is 410. The first-order valence-corrected chi connectivity index (χ1v) is 6.56. The normalized spacial score (nSPS) is 12.2. The number of methoxy groups -OCH3 is 1. The molecule has 1 N–H and O–H groups in total. The molecule has 1 aromatic rings. The Balaban J connectivity index is 2.43. The van der Waals surface area contributed by atoms with Crippen LogP contribution in [0.3, 0.4) is 0 Å². The van der Waals surface area contributed by atoms with Crippen molar-refractivity contribution in [2.45, 2.75) is 25.8 Å². The summed E-state index contributed by atoms with van der Waals surface area (Å²) in [6.07, 6.45) is 1.15. The van der Waals surface area contributed by atoms with E-state index in [0.29, 0.717) is 16.5 Å². The van der Waals surface area contributed by atoms with Gasteiger partial charge in [-0.3, -0.25) is 4.79 Å². The lowest BCUT2D eigenvalue weighted by Crippen LogP contribution is -2.21. The van der Waals surface area contributed by atoms with E-state index in [1.54, 1.807) is 6.07 Å². The highest BCUT2D eigenvalue weighted by molar-refractivity contribution is 6.42. The number of halogens is 2. The van der Waals surface area contributed by atoms with Crippen LogP contribution in [0.15, 0.2) is 18.2 Å².